The van der Waals surface area contributed by atoms with Crippen LogP contribution in [0, 0.1) is 28.6 Å². The van der Waals surface area contributed by atoms with Crippen LogP contribution in [0.15, 0.2) is 18.5 Å². The Bertz CT molecular complexity index is 373. The lowest BCUT2D eigenvalue weighted by Gasteiger charge is -1.95. The first kappa shape index (κ1) is 8.82. The third-order valence-corrected chi connectivity index (χ3v) is 1.31. The molecule has 0 spiro atoms. The monoisotopic (exact) mass is 172 g/mol. The molecule has 0 aliphatic rings. The summed E-state index contributed by atoms with van der Waals surface area (Å²) in [6.45, 7) is 0. The number of nitriles is 2. The lowest BCUT2D eigenvalue weighted by atomic mass is 10.1. The van der Waals surface area contributed by atoms with E-state index >= 15 is 0 Å². The molecule has 1 aromatic heterocycles. The van der Waals surface area contributed by atoms with Gasteiger partial charge in [-0.2, -0.15) is 10.5 Å². The summed E-state index contributed by atoms with van der Waals surface area (Å²) >= 11 is 0. The van der Waals surface area contributed by atoms with E-state index in [1.165, 1.54) is 12.4 Å². The molecular weight excluding hydrogens is 168 g/mol. The summed E-state index contributed by atoms with van der Waals surface area (Å²) in [4.78, 5) is 18.5. The van der Waals surface area contributed by atoms with Crippen molar-refractivity contribution in [3.05, 3.63) is 24.3 Å². The summed E-state index contributed by atoms with van der Waals surface area (Å²) < 4.78 is 0. The first-order valence-corrected chi connectivity index (χ1v) is 3.40. The van der Waals surface area contributed by atoms with Crippen molar-refractivity contribution in [1.82, 2.24) is 9.97 Å². The zero-order chi connectivity index (χ0) is 9.68. The van der Waals surface area contributed by atoms with E-state index in [-0.39, 0.29) is 5.82 Å². The molecule has 0 bridgehead atoms. The van der Waals surface area contributed by atoms with Crippen LogP contribution >= 0.6 is 0 Å². The Morgan fingerprint density at radius 3 is 2.31 bits per heavy atom. The molecule has 62 valence electrons. The number of nitrogens with zero attached hydrogens (tertiary/aromatic N) is 4. The topological polar surface area (TPSA) is 90.4 Å². The fourth-order valence-electron chi connectivity index (χ4n) is 0.702. The normalized spacial score (nSPS) is 8.85. The first-order chi connectivity index (χ1) is 6.29. The van der Waals surface area contributed by atoms with Gasteiger partial charge in [0.25, 0.3) is 0 Å². The number of hydrogen-bond acceptors (Lipinski definition) is 5. The summed E-state index contributed by atoms with van der Waals surface area (Å²) in [5, 5.41) is 16.8. The van der Waals surface area contributed by atoms with Crippen LogP contribution in [0.1, 0.15) is 10.6 Å². The van der Waals surface area contributed by atoms with E-state index in [4.69, 9.17) is 10.5 Å². The maximum Gasteiger partial charge on any atom is 0.231 e. The number of carbonyl (C=O) groups excluding carboxylic acids is 1. The van der Waals surface area contributed by atoms with Gasteiger partial charge in [-0.25, -0.2) is 9.97 Å². The van der Waals surface area contributed by atoms with Crippen molar-refractivity contribution >= 4 is 5.78 Å². The Morgan fingerprint density at radius 2 is 1.85 bits per heavy atom. The molecule has 0 saturated heterocycles. The van der Waals surface area contributed by atoms with Crippen LogP contribution in [0.5, 0.6) is 0 Å². The minimum atomic E-state index is -1.32. The summed E-state index contributed by atoms with van der Waals surface area (Å²) in [5.74, 6) is -2.08. The zero-order valence-electron chi connectivity index (χ0n) is 6.51. The van der Waals surface area contributed by atoms with Gasteiger partial charge in [-0.15, -0.1) is 0 Å². The Labute approximate surface area is 74.3 Å². The number of hydrogen-bond donors (Lipinski definition) is 0. The third-order valence-electron chi connectivity index (χ3n) is 1.31. The first-order valence-electron chi connectivity index (χ1n) is 3.40. The quantitative estimate of drug-likeness (QED) is 0.599. The standard InChI is InChI=1S/C8H4N4O/c9-4-6(5-10)7(13)8-11-2-1-3-12-8/h1-3,6H. The van der Waals surface area contributed by atoms with E-state index in [1.54, 1.807) is 18.2 Å². The highest BCUT2D eigenvalue weighted by molar-refractivity contribution is 5.97. The predicted molar refractivity (Wildman–Crippen MR) is 41.1 cm³/mol. The van der Waals surface area contributed by atoms with Gasteiger partial charge in [0, 0.05) is 12.4 Å². The summed E-state index contributed by atoms with van der Waals surface area (Å²) in [6, 6.07) is 4.66. The van der Waals surface area contributed by atoms with Crippen molar-refractivity contribution < 1.29 is 4.79 Å². The largest absolute Gasteiger partial charge is 0.288 e. The van der Waals surface area contributed by atoms with E-state index < -0.39 is 11.7 Å². The molecule has 1 heterocycles. The average Bonchev–Trinajstić information content (AvgIpc) is 2.21. The van der Waals surface area contributed by atoms with Gasteiger partial charge >= 0.3 is 0 Å². The molecule has 13 heavy (non-hydrogen) atoms. The maximum atomic E-state index is 11.2. The van der Waals surface area contributed by atoms with Crippen LogP contribution in [0.2, 0.25) is 0 Å². The molecule has 0 aromatic carbocycles. The zero-order valence-corrected chi connectivity index (χ0v) is 6.51. The molecule has 0 fully saturated rings. The van der Waals surface area contributed by atoms with Crippen LogP contribution < -0.4 is 0 Å². The molecule has 0 atom stereocenters. The molecule has 1 rings (SSSR count). The summed E-state index contributed by atoms with van der Waals surface area (Å²) in [7, 11) is 0. The van der Waals surface area contributed by atoms with Gasteiger partial charge in [0.2, 0.25) is 5.78 Å². The van der Waals surface area contributed by atoms with Crippen LogP contribution in [0.25, 0.3) is 0 Å². The van der Waals surface area contributed by atoms with Gasteiger partial charge in [0.1, 0.15) is 0 Å². The number of ketones is 1. The fraction of sp³-hybridized carbons (Fsp3) is 0.125. The van der Waals surface area contributed by atoms with Gasteiger partial charge in [-0.05, 0) is 6.07 Å². The molecule has 5 nitrogen and oxygen atoms in total. The molecule has 0 radical (unpaired) electrons. The van der Waals surface area contributed by atoms with E-state index in [1.807, 2.05) is 0 Å². The average molecular weight is 172 g/mol. The van der Waals surface area contributed by atoms with Gasteiger partial charge in [-0.1, -0.05) is 0 Å². The summed E-state index contributed by atoms with van der Waals surface area (Å²) in [6.07, 6.45) is 2.76. The van der Waals surface area contributed by atoms with Crippen molar-refractivity contribution in [3.63, 3.8) is 0 Å². The SMILES string of the molecule is N#CC(C#N)C(=O)c1ncccn1. The number of rotatable bonds is 2. The molecular formula is C8H4N4O. The Kier molecular flexibility index (Phi) is 2.67. The molecule has 0 aliphatic carbocycles. The van der Waals surface area contributed by atoms with Crippen LogP contribution in [-0.4, -0.2) is 15.8 Å². The number of Topliss-reactive ketones (excluding diaryl/α,β-unsaturated/α-hetero) is 1. The van der Waals surface area contributed by atoms with Crippen molar-refractivity contribution in [2.75, 3.05) is 0 Å². The minimum Gasteiger partial charge on any atom is -0.288 e. The molecule has 0 aliphatic heterocycles. The Balaban J connectivity index is 2.95. The molecule has 1 aromatic rings. The molecule has 5 heteroatoms. The summed E-state index contributed by atoms with van der Waals surface area (Å²) in [5.41, 5.74) is 0. The van der Waals surface area contributed by atoms with E-state index in [0.717, 1.165) is 0 Å². The highest BCUT2D eigenvalue weighted by Crippen LogP contribution is 2.01. The second kappa shape index (κ2) is 3.93. The Morgan fingerprint density at radius 1 is 1.31 bits per heavy atom. The van der Waals surface area contributed by atoms with Crippen molar-refractivity contribution in [1.29, 1.82) is 10.5 Å². The van der Waals surface area contributed by atoms with E-state index in [0.29, 0.717) is 0 Å². The number of aromatic nitrogens is 2. The smallest absolute Gasteiger partial charge is 0.231 e. The molecule has 0 amide bonds. The highest BCUT2D eigenvalue weighted by Gasteiger charge is 2.20. The van der Waals surface area contributed by atoms with Crippen LogP contribution in [0.3, 0.4) is 0 Å². The van der Waals surface area contributed by atoms with E-state index in [9.17, 15) is 4.79 Å². The van der Waals surface area contributed by atoms with Gasteiger partial charge in [0.15, 0.2) is 11.7 Å². The van der Waals surface area contributed by atoms with Crippen LogP contribution in [0.4, 0.5) is 0 Å². The van der Waals surface area contributed by atoms with Crippen LogP contribution in [-0.2, 0) is 0 Å². The third kappa shape index (κ3) is 1.85. The second-order valence-electron chi connectivity index (χ2n) is 2.13. The van der Waals surface area contributed by atoms with Gasteiger partial charge in [0.05, 0.1) is 12.1 Å². The van der Waals surface area contributed by atoms with Crippen molar-refractivity contribution in [3.8, 4) is 12.1 Å². The Hall–Kier alpha value is -2.27. The second-order valence-corrected chi connectivity index (χ2v) is 2.13. The van der Waals surface area contributed by atoms with Gasteiger partial charge < -0.3 is 0 Å². The molecule has 0 saturated carbocycles. The molecule has 0 unspecified atom stereocenters. The van der Waals surface area contributed by atoms with Crippen molar-refractivity contribution in [2.24, 2.45) is 5.92 Å². The van der Waals surface area contributed by atoms with E-state index in [2.05, 4.69) is 9.97 Å². The molecule has 0 N–H and O–H groups in total. The maximum absolute atomic E-state index is 11.2. The lowest BCUT2D eigenvalue weighted by Crippen LogP contribution is -2.13. The lowest BCUT2D eigenvalue weighted by molar-refractivity contribution is 0.0960. The van der Waals surface area contributed by atoms with Crippen molar-refractivity contribution in [2.45, 2.75) is 0 Å². The number of carbonyl (C=O) groups is 1. The minimum absolute atomic E-state index is 0.101. The predicted octanol–water partition coefficient (Wildman–Crippen LogP) is 0.323. The van der Waals surface area contributed by atoms with Gasteiger partial charge in [-0.3, -0.25) is 4.79 Å². The fourth-order valence-corrected chi connectivity index (χ4v) is 0.702. The highest BCUT2D eigenvalue weighted by atomic mass is 16.1.